The summed E-state index contributed by atoms with van der Waals surface area (Å²) in [5, 5.41) is 6.02. The van der Waals surface area contributed by atoms with Gasteiger partial charge in [0.1, 0.15) is 0 Å². The Morgan fingerprint density at radius 1 is 1.44 bits per heavy atom. The first-order chi connectivity index (χ1) is 8.61. The van der Waals surface area contributed by atoms with E-state index >= 15 is 0 Å². The second-order valence-corrected chi connectivity index (χ2v) is 4.47. The third-order valence-corrected chi connectivity index (χ3v) is 2.48. The van der Waals surface area contributed by atoms with E-state index in [2.05, 4.69) is 15.6 Å². The largest absolute Gasteiger partial charge is 0.383 e. The second-order valence-electron chi connectivity index (χ2n) is 4.47. The van der Waals surface area contributed by atoms with Crippen LogP contribution in [0, 0.1) is 0 Å². The van der Waals surface area contributed by atoms with Gasteiger partial charge < -0.3 is 19.9 Å². The predicted octanol–water partition coefficient (Wildman–Crippen LogP) is 0.0123. The maximum absolute atomic E-state index is 11.6. The highest BCUT2D eigenvalue weighted by Crippen LogP contribution is 1.91. The summed E-state index contributed by atoms with van der Waals surface area (Å²) in [6.07, 6.45) is 5.41. The maximum Gasteiger partial charge on any atom is 0.234 e. The van der Waals surface area contributed by atoms with E-state index in [0.29, 0.717) is 13.2 Å². The van der Waals surface area contributed by atoms with Gasteiger partial charge in [0, 0.05) is 38.1 Å². The number of imidazole rings is 1. The lowest BCUT2D eigenvalue weighted by atomic mass is 10.3. The van der Waals surface area contributed by atoms with Crippen LogP contribution in [0.4, 0.5) is 0 Å². The summed E-state index contributed by atoms with van der Waals surface area (Å²) < 4.78 is 6.93. The van der Waals surface area contributed by atoms with Gasteiger partial charge in [-0.3, -0.25) is 4.79 Å². The van der Waals surface area contributed by atoms with Gasteiger partial charge in [-0.05, 0) is 13.8 Å². The summed E-state index contributed by atoms with van der Waals surface area (Å²) in [6.45, 7) is 5.57. The topological polar surface area (TPSA) is 68.2 Å². The Labute approximate surface area is 108 Å². The molecule has 2 atom stereocenters. The lowest BCUT2D eigenvalue weighted by Gasteiger charge is -2.16. The summed E-state index contributed by atoms with van der Waals surface area (Å²) in [4.78, 5) is 15.6. The Morgan fingerprint density at radius 2 is 2.22 bits per heavy atom. The average Bonchev–Trinajstić information content (AvgIpc) is 2.79. The molecule has 102 valence electrons. The number of aromatic nitrogens is 2. The number of amides is 1. The van der Waals surface area contributed by atoms with E-state index in [1.807, 2.05) is 24.6 Å². The van der Waals surface area contributed by atoms with Crippen LogP contribution in [-0.2, 0) is 16.1 Å². The molecular weight excluding hydrogens is 232 g/mol. The molecule has 1 rings (SSSR count). The molecule has 6 heteroatoms. The van der Waals surface area contributed by atoms with Crippen molar-refractivity contribution < 1.29 is 9.53 Å². The van der Waals surface area contributed by atoms with Crippen LogP contribution in [0.15, 0.2) is 18.7 Å². The van der Waals surface area contributed by atoms with Crippen LogP contribution < -0.4 is 10.6 Å². The molecule has 0 saturated heterocycles. The molecule has 1 aromatic rings. The van der Waals surface area contributed by atoms with Gasteiger partial charge in [-0.25, -0.2) is 4.98 Å². The average molecular weight is 254 g/mol. The summed E-state index contributed by atoms with van der Waals surface area (Å²) in [5.41, 5.74) is 0. The number of nitrogens with one attached hydrogen (secondary N) is 2. The van der Waals surface area contributed by atoms with E-state index in [1.54, 1.807) is 19.6 Å². The smallest absolute Gasteiger partial charge is 0.234 e. The van der Waals surface area contributed by atoms with E-state index < -0.39 is 0 Å². The number of methoxy groups -OCH3 is 1. The molecule has 1 heterocycles. The van der Waals surface area contributed by atoms with Crippen molar-refractivity contribution in [2.45, 2.75) is 32.5 Å². The maximum atomic E-state index is 11.6. The van der Waals surface area contributed by atoms with Gasteiger partial charge in [-0.1, -0.05) is 0 Å². The van der Waals surface area contributed by atoms with Crippen molar-refractivity contribution in [3.05, 3.63) is 18.7 Å². The molecule has 1 aromatic heterocycles. The van der Waals surface area contributed by atoms with Crippen LogP contribution in [0.5, 0.6) is 0 Å². The zero-order valence-electron chi connectivity index (χ0n) is 11.2. The van der Waals surface area contributed by atoms with Crippen LogP contribution in [0.1, 0.15) is 13.8 Å². The van der Waals surface area contributed by atoms with Crippen molar-refractivity contribution in [3.63, 3.8) is 0 Å². The molecule has 2 N–H and O–H groups in total. The minimum atomic E-state index is -0.0166. The highest BCUT2D eigenvalue weighted by atomic mass is 16.5. The van der Waals surface area contributed by atoms with Crippen LogP contribution in [0.3, 0.4) is 0 Å². The lowest BCUT2D eigenvalue weighted by Crippen LogP contribution is -2.43. The zero-order chi connectivity index (χ0) is 13.4. The summed E-state index contributed by atoms with van der Waals surface area (Å²) >= 11 is 0. The number of hydrogen-bond donors (Lipinski definition) is 2. The fraction of sp³-hybridized carbons (Fsp3) is 0.667. The Morgan fingerprint density at radius 3 is 2.83 bits per heavy atom. The number of nitrogens with zero attached hydrogens (tertiary/aromatic N) is 2. The Bertz CT molecular complexity index is 340. The molecule has 0 aromatic carbocycles. The number of hydrogen-bond acceptors (Lipinski definition) is 4. The van der Waals surface area contributed by atoms with Crippen LogP contribution in [0.2, 0.25) is 0 Å². The fourth-order valence-corrected chi connectivity index (χ4v) is 1.66. The fourth-order valence-electron chi connectivity index (χ4n) is 1.66. The van der Waals surface area contributed by atoms with Crippen molar-refractivity contribution in [2.24, 2.45) is 0 Å². The number of carbonyl (C=O) groups is 1. The van der Waals surface area contributed by atoms with E-state index in [4.69, 9.17) is 4.74 Å². The third-order valence-electron chi connectivity index (χ3n) is 2.48. The molecule has 18 heavy (non-hydrogen) atoms. The molecule has 0 radical (unpaired) electrons. The van der Waals surface area contributed by atoms with Gasteiger partial charge >= 0.3 is 0 Å². The normalized spacial score (nSPS) is 14.2. The minimum Gasteiger partial charge on any atom is -0.383 e. The predicted molar refractivity (Wildman–Crippen MR) is 69.2 cm³/mol. The molecule has 0 saturated carbocycles. The van der Waals surface area contributed by atoms with Gasteiger partial charge in [0.25, 0.3) is 0 Å². The summed E-state index contributed by atoms with van der Waals surface area (Å²) in [7, 11) is 1.62. The number of carbonyl (C=O) groups excluding carboxylic acids is 1. The molecule has 2 unspecified atom stereocenters. The summed E-state index contributed by atoms with van der Waals surface area (Å²) in [6, 6.07) is 0.246. The van der Waals surface area contributed by atoms with Gasteiger partial charge in [0.15, 0.2) is 0 Å². The number of ether oxygens (including phenoxy) is 1. The zero-order valence-corrected chi connectivity index (χ0v) is 11.2. The highest BCUT2D eigenvalue weighted by Gasteiger charge is 2.08. The van der Waals surface area contributed by atoms with E-state index in [-0.39, 0.29) is 18.0 Å². The van der Waals surface area contributed by atoms with Gasteiger partial charge in [0.05, 0.1) is 19.5 Å². The SMILES string of the molecule is COCC(C)NC(=O)CNC(C)Cn1ccnc1. The van der Waals surface area contributed by atoms with Gasteiger partial charge in [0.2, 0.25) is 5.91 Å². The van der Waals surface area contributed by atoms with Gasteiger partial charge in [-0.2, -0.15) is 0 Å². The Balaban J connectivity index is 2.17. The first-order valence-corrected chi connectivity index (χ1v) is 6.09. The van der Waals surface area contributed by atoms with Gasteiger partial charge in [-0.15, -0.1) is 0 Å². The minimum absolute atomic E-state index is 0.0166. The quantitative estimate of drug-likeness (QED) is 0.686. The van der Waals surface area contributed by atoms with Crippen molar-refractivity contribution in [2.75, 3.05) is 20.3 Å². The van der Waals surface area contributed by atoms with Crippen LogP contribution in [0.25, 0.3) is 0 Å². The summed E-state index contributed by atoms with van der Waals surface area (Å²) in [5.74, 6) is -0.0166. The molecule has 1 amide bonds. The molecule has 0 fully saturated rings. The number of rotatable bonds is 8. The third kappa shape index (κ3) is 5.79. The van der Waals surface area contributed by atoms with Crippen molar-refractivity contribution in [1.29, 1.82) is 0 Å². The monoisotopic (exact) mass is 254 g/mol. The standard InChI is InChI=1S/C12H22N4O2/c1-10(7-16-5-4-13-9-16)14-6-12(17)15-11(2)8-18-3/h4-5,9-11,14H,6-8H2,1-3H3,(H,15,17). The van der Waals surface area contributed by atoms with Crippen LogP contribution >= 0.6 is 0 Å². The van der Waals surface area contributed by atoms with Crippen molar-refractivity contribution in [3.8, 4) is 0 Å². The van der Waals surface area contributed by atoms with Crippen molar-refractivity contribution in [1.82, 2.24) is 20.2 Å². The Kier molecular flexibility index (Phi) is 6.38. The first kappa shape index (κ1) is 14.7. The molecular formula is C12H22N4O2. The highest BCUT2D eigenvalue weighted by molar-refractivity contribution is 5.78. The molecule has 0 spiro atoms. The van der Waals surface area contributed by atoms with E-state index in [1.165, 1.54) is 0 Å². The molecule has 0 aliphatic rings. The Hall–Kier alpha value is -1.40. The van der Waals surface area contributed by atoms with Crippen LogP contribution in [-0.4, -0.2) is 47.8 Å². The van der Waals surface area contributed by atoms with E-state index in [9.17, 15) is 4.79 Å². The molecule has 6 nitrogen and oxygen atoms in total. The van der Waals surface area contributed by atoms with Crippen molar-refractivity contribution >= 4 is 5.91 Å². The molecule has 0 aliphatic heterocycles. The van der Waals surface area contributed by atoms with E-state index in [0.717, 1.165) is 6.54 Å². The molecule has 0 aliphatic carbocycles. The lowest BCUT2D eigenvalue weighted by molar-refractivity contribution is -0.121. The molecule has 0 bridgehead atoms. The second kappa shape index (κ2) is 7.84. The first-order valence-electron chi connectivity index (χ1n) is 6.09.